The first-order valence-corrected chi connectivity index (χ1v) is 9.33. The summed E-state index contributed by atoms with van der Waals surface area (Å²) in [6.45, 7) is 2.39. The highest BCUT2D eigenvalue weighted by atomic mass is 32.2. The third kappa shape index (κ3) is 2.92. The minimum absolute atomic E-state index is 0.0799. The van der Waals surface area contributed by atoms with Gasteiger partial charge in [0.05, 0.1) is 23.6 Å². The van der Waals surface area contributed by atoms with Gasteiger partial charge in [-0.2, -0.15) is 5.10 Å². The van der Waals surface area contributed by atoms with Crippen LogP contribution >= 0.6 is 0 Å². The number of fused-ring (bicyclic) bond motifs is 1. The molecule has 3 rings (SSSR count). The Bertz CT molecular complexity index is 722. The van der Waals surface area contributed by atoms with Crippen LogP contribution in [0.5, 0.6) is 0 Å². The summed E-state index contributed by atoms with van der Waals surface area (Å²) in [4.78, 5) is 27.8. The highest BCUT2D eigenvalue weighted by Gasteiger charge is 2.49. The van der Waals surface area contributed by atoms with Gasteiger partial charge in [0.1, 0.15) is 0 Å². The van der Waals surface area contributed by atoms with Crippen molar-refractivity contribution in [2.75, 3.05) is 24.6 Å². The van der Waals surface area contributed by atoms with E-state index in [0.29, 0.717) is 19.5 Å². The maximum absolute atomic E-state index is 12.6. The van der Waals surface area contributed by atoms with Crippen molar-refractivity contribution in [3.63, 3.8) is 0 Å². The van der Waals surface area contributed by atoms with Crippen LogP contribution in [0.3, 0.4) is 0 Å². The van der Waals surface area contributed by atoms with E-state index in [0.717, 1.165) is 0 Å². The molecule has 1 aromatic heterocycles. The fourth-order valence-electron chi connectivity index (χ4n) is 3.28. The average molecular weight is 338 g/mol. The SMILES string of the molecule is CCC(=O)N1CCN(C(=O)c2cccnn2)[C@@H]2CS(=O)(=O)C[C@@H]21. The maximum Gasteiger partial charge on any atom is 0.274 e. The van der Waals surface area contributed by atoms with E-state index >= 15 is 0 Å². The minimum Gasteiger partial charge on any atom is -0.335 e. The van der Waals surface area contributed by atoms with Crippen LogP contribution in [0.15, 0.2) is 18.3 Å². The second-order valence-electron chi connectivity index (χ2n) is 5.76. The molecule has 0 bridgehead atoms. The molecule has 2 saturated heterocycles. The van der Waals surface area contributed by atoms with E-state index in [4.69, 9.17) is 0 Å². The standard InChI is InChI=1S/C14H18N4O4S/c1-2-13(19)17-6-7-18(12-9-23(21,22)8-11(12)17)14(20)10-4-3-5-15-16-10/h3-5,11-12H,2,6-9H2,1H3/t11-,12+/m0/s1. The molecule has 9 heteroatoms. The number of piperazine rings is 1. The number of amides is 2. The van der Waals surface area contributed by atoms with Gasteiger partial charge in [0.2, 0.25) is 5.91 Å². The number of carbonyl (C=O) groups excluding carboxylic acids is 2. The van der Waals surface area contributed by atoms with Crippen molar-refractivity contribution in [1.82, 2.24) is 20.0 Å². The number of sulfone groups is 1. The molecule has 0 aromatic carbocycles. The van der Waals surface area contributed by atoms with Crippen LogP contribution in [0.4, 0.5) is 0 Å². The summed E-state index contributed by atoms with van der Waals surface area (Å²) in [5.41, 5.74) is 0.186. The van der Waals surface area contributed by atoms with Gasteiger partial charge < -0.3 is 9.80 Å². The van der Waals surface area contributed by atoms with Crippen LogP contribution in [0.2, 0.25) is 0 Å². The van der Waals surface area contributed by atoms with Crippen molar-refractivity contribution in [2.45, 2.75) is 25.4 Å². The predicted octanol–water partition coefficient (Wildman–Crippen LogP) is -0.663. The van der Waals surface area contributed by atoms with Gasteiger partial charge in [-0.25, -0.2) is 8.42 Å². The number of hydrogen-bond donors (Lipinski definition) is 0. The van der Waals surface area contributed by atoms with E-state index in [1.807, 2.05) is 0 Å². The van der Waals surface area contributed by atoms with E-state index in [1.54, 1.807) is 24.0 Å². The van der Waals surface area contributed by atoms with Gasteiger partial charge in [-0.3, -0.25) is 9.59 Å². The lowest BCUT2D eigenvalue weighted by Crippen LogP contribution is -2.62. The molecule has 0 N–H and O–H groups in total. The molecule has 2 aliphatic heterocycles. The molecule has 0 spiro atoms. The molecule has 23 heavy (non-hydrogen) atoms. The zero-order valence-corrected chi connectivity index (χ0v) is 13.6. The molecule has 0 saturated carbocycles. The van der Waals surface area contributed by atoms with Crippen LogP contribution in [0.25, 0.3) is 0 Å². The van der Waals surface area contributed by atoms with Crippen LogP contribution in [0, 0.1) is 0 Å². The zero-order valence-electron chi connectivity index (χ0n) is 12.8. The lowest BCUT2D eigenvalue weighted by molar-refractivity contribution is -0.135. The fraction of sp³-hybridized carbons (Fsp3) is 0.571. The fourth-order valence-corrected chi connectivity index (χ4v) is 5.26. The Labute approximate surface area is 134 Å². The first-order valence-electron chi connectivity index (χ1n) is 7.51. The van der Waals surface area contributed by atoms with Gasteiger partial charge in [0.25, 0.3) is 5.91 Å². The van der Waals surface area contributed by atoms with Gasteiger partial charge >= 0.3 is 0 Å². The molecule has 2 fully saturated rings. The highest BCUT2D eigenvalue weighted by Crippen LogP contribution is 2.28. The van der Waals surface area contributed by atoms with Crippen molar-refractivity contribution in [2.24, 2.45) is 0 Å². The smallest absolute Gasteiger partial charge is 0.274 e. The monoisotopic (exact) mass is 338 g/mol. The number of nitrogens with zero attached hydrogens (tertiary/aromatic N) is 4. The van der Waals surface area contributed by atoms with Crippen molar-refractivity contribution in [3.05, 3.63) is 24.0 Å². The molecule has 0 radical (unpaired) electrons. The quantitative estimate of drug-likeness (QED) is 0.709. The predicted molar refractivity (Wildman–Crippen MR) is 81.3 cm³/mol. The lowest BCUT2D eigenvalue weighted by atomic mass is 10.0. The minimum atomic E-state index is -3.28. The van der Waals surface area contributed by atoms with Gasteiger partial charge in [0.15, 0.2) is 15.5 Å². The summed E-state index contributed by atoms with van der Waals surface area (Å²) in [5.74, 6) is -0.623. The molecule has 2 atom stereocenters. The molecular formula is C14H18N4O4S. The first-order chi connectivity index (χ1) is 10.9. The topological polar surface area (TPSA) is 101 Å². The molecule has 1 aromatic rings. The lowest BCUT2D eigenvalue weighted by Gasteiger charge is -2.43. The van der Waals surface area contributed by atoms with E-state index < -0.39 is 21.9 Å². The normalized spacial score (nSPS) is 26.0. The molecule has 8 nitrogen and oxygen atoms in total. The summed E-state index contributed by atoms with van der Waals surface area (Å²) in [6.07, 6.45) is 1.79. The molecule has 0 aliphatic carbocycles. The van der Waals surface area contributed by atoms with E-state index in [1.165, 1.54) is 11.1 Å². The third-order valence-electron chi connectivity index (χ3n) is 4.35. The van der Waals surface area contributed by atoms with E-state index in [9.17, 15) is 18.0 Å². The summed E-state index contributed by atoms with van der Waals surface area (Å²) in [5, 5.41) is 7.49. The van der Waals surface area contributed by atoms with Gasteiger partial charge in [-0.05, 0) is 12.1 Å². The van der Waals surface area contributed by atoms with Crippen LogP contribution in [-0.4, -0.2) is 76.9 Å². The van der Waals surface area contributed by atoms with Crippen LogP contribution in [0.1, 0.15) is 23.8 Å². The van der Waals surface area contributed by atoms with Crippen LogP contribution in [-0.2, 0) is 14.6 Å². The zero-order chi connectivity index (χ0) is 16.6. The maximum atomic E-state index is 12.6. The van der Waals surface area contributed by atoms with E-state index in [-0.39, 0.29) is 29.0 Å². The summed E-state index contributed by atoms with van der Waals surface area (Å²) in [7, 11) is -3.28. The number of aromatic nitrogens is 2. The number of carbonyl (C=O) groups is 2. The van der Waals surface area contributed by atoms with Crippen molar-refractivity contribution < 1.29 is 18.0 Å². The van der Waals surface area contributed by atoms with Gasteiger partial charge in [-0.15, -0.1) is 5.10 Å². The Morgan fingerprint density at radius 3 is 2.48 bits per heavy atom. The Morgan fingerprint density at radius 1 is 1.22 bits per heavy atom. The summed E-state index contributed by atoms with van der Waals surface area (Å²) >= 11 is 0. The second kappa shape index (κ2) is 5.88. The molecule has 2 amide bonds. The Hall–Kier alpha value is -2.03. The third-order valence-corrected chi connectivity index (χ3v) is 6.05. The number of rotatable bonds is 2. The number of hydrogen-bond acceptors (Lipinski definition) is 6. The Morgan fingerprint density at radius 2 is 1.87 bits per heavy atom. The summed E-state index contributed by atoms with van der Waals surface area (Å²) in [6, 6.07) is 2.18. The Kier molecular flexibility index (Phi) is 4.05. The highest BCUT2D eigenvalue weighted by molar-refractivity contribution is 7.91. The molecule has 3 heterocycles. The van der Waals surface area contributed by atoms with Crippen molar-refractivity contribution in [1.29, 1.82) is 0 Å². The van der Waals surface area contributed by atoms with Crippen LogP contribution < -0.4 is 0 Å². The Balaban J connectivity index is 1.90. The van der Waals surface area contributed by atoms with Gasteiger partial charge in [-0.1, -0.05) is 6.92 Å². The molecule has 124 valence electrons. The molecule has 0 unspecified atom stereocenters. The van der Waals surface area contributed by atoms with Crippen molar-refractivity contribution >= 4 is 21.7 Å². The molecular weight excluding hydrogens is 320 g/mol. The van der Waals surface area contributed by atoms with E-state index in [2.05, 4.69) is 10.2 Å². The largest absolute Gasteiger partial charge is 0.335 e. The first kappa shape index (κ1) is 15.9. The van der Waals surface area contributed by atoms with Gasteiger partial charge in [0, 0.05) is 25.7 Å². The second-order valence-corrected chi connectivity index (χ2v) is 7.91. The summed E-state index contributed by atoms with van der Waals surface area (Å²) < 4.78 is 24.1. The molecule has 2 aliphatic rings. The average Bonchev–Trinajstić information content (AvgIpc) is 2.88. The van der Waals surface area contributed by atoms with Crippen molar-refractivity contribution in [3.8, 4) is 0 Å².